The molecule has 454 valence electrons. The van der Waals surface area contributed by atoms with Gasteiger partial charge in [-0.3, -0.25) is 0 Å². The van der Waals surface area contributed by atoms with Gasteiger partial charge in [0, 0.05) is 21.9 Å². The van der Waals surface area contributed by atoms with Gasteiger partial charge in [0.25, 0.3) is 0 Å². The topological polar surface area (TPSA) is 44.1 Å². The molecule has 0 atom stereocenters. The van der Waals surface area contributed by atoms with Gasteiger partial charge < -0.3 is 23.5 Å². The summed E-state index contributed by atoms with van der Waals surface area (Å²) >= 11 is 0. The molecule has 2 aliphatic rings. The molecular weight excluding hydrogens is 1060 g/mol. The van der Waals surface area contributed by atoms with Crippen LogP contribution >= 0.6 is 0 Å². The second kappa shape index (κ2) is 30.9. The summed E-state index contributed by atoms with van der Waals surface area (Å²) in [6.07, 6.45) is 39.9. The lowest BCUT2D eigenvalue weighted by Crippen LogP contribution is -2.26. The van der Waals surface area contributed by atoms with Gasteiger partial charge in [-0.2, -0.15) is 0 Å². The molecule has 5 nitrogen and oxygen atoms in total. The standard InChI is InChI=1S/C82H97NO4/c1-8-13-18-22-24-28-48-82(49-29-25-23-19-14-9-2)72-54-63(34-32-35-66-57-79-71(59-77(66)85-51-31-27-21-16-11-4)70-58-76(61(7)53-78(70)86-79)84-50-30-26-20-15-10-3)39-44-68(72)69-45-40-64(55-73(69)82)65-41-47-75-81(56-65)87-80-52-60(6)36-46-74(80)83(75)67-42-37-62(38-43-67)33-17-12-5/h10-11,15-16,20-21,36-47,52-59H,3-4,8-9,12-14,17-19,22-35,48-51H2,1-2,5-7H3/b20-15+,21-16+. The molecule has 5 heteroatoms. The van der Waals surface area contributed by atoms with Crippen LogP contribution in [0.15, 0.2) is 175 Å². The van der Waals surface area contributed by atoms with Crippen molar-refractivity contribution in [1.82, 2.24) is 0 Å². The van der Waals surface area contributed by atoms with Crippen molar-refractivity contribution in [3.05, 3.63) is 210 Å². The maximum Gasteiger partial charge on any atom is 0.152 e. The van der Waals surface area contributed by atoms with Gasteiger partial charge >= 0.3 is 0 Å². The van der Waals surface area contributed by atoms with Crippen molar-refractivity contribution in [2.75, 3.05) is 18.1 Å². The Kier molecular flexibility index (Phi) is 22.2. The Morgan fingerprint density at radius 3 is 1.71 bits per heavy atom. The Hall–Kier alpha value is -7.50. The smallest absolute Gasteiger partial charge is 0.152 e. The first kappa shape index (κ1) is 62.5. The van der Waals surface area contributed by atoms with Crippen molar-refractivity contribution < 1.29 is 18.6 Å². The van der Waals surface area contributed by atoms with Crippen LogP contribution in [0, 0.1) is 13.8 Å². The highest BCUT2D eigenvalue weighted by molar-refractivity contribution is 6.06. The summed E-state index contributed by atoms with van der Waals surface area (Å²) in [5, 5.41) is 2.12. The molecule has 0 N–H and O–H groups in total. The van der Waals surface area contributed by atoms with Crippen molar-refractivity contribution in [2.24, 2.45) is 0 Å². The Morgan fingerprint density at radius 1 is 0.483 bits per heavy atom. The van der Waals surface area contributed by atoms with Crippen LogP contribution in [0.2, 0.25) is 0 Å². The third kappa shape index (κ3) is 15.1. The number of ether oxygens (including phenoxy) is 3. The fourth-order valence-electron chi connectivity index (χ4n) is 13.6. The SMILES string of the molecule is C=C/C=C/CCCOc1cc2c(cc1C)oc1cc(CCCc3ccc4c(c3)C(CCCCCCCC)(CCCCCCCC)c3cc(-c5ccc6c(c5)Oc5cc(C)ccc5N6c5ccc(CCCC)cc5)ccc3-4)c(OCCC/C=C/C=C)cc12. The second-order valence-corrected chi connectivity index (χ2v) is 25.0. The van der Waals surface area contributed by atoms with E-state index in [0.717, 1.165) is 119 Å². The molecule has 1 aliphatic carbocycles. The number of aryl methyl sites for hydroxylation is 5. The second-order valence-electron chi connectivity index (χ2n) is 25.0. The summed E-state index contributed by atoms with van der Waals surface area (Å²) in [6, 6.07) is 46.5. The molecule has 0 radical (unpaired) electrons. The molecule has 0 amide bonds. The highest BCUT2D eigenvalue weighted by atomic mass is 16.5. The molecule has 0 spiro atoms. The van der Waals surface area contributed by atoms with Crippen molar-refractivity contribution in [2.45, 2.75) is 194 Å². The molecule has 0 saturated carbocycles. The first-order chi connectivity index (χ1) is 42.7. The Bertz CT molecular complexity index is 3630. The zero-order chi connectivity index (χ0) is 60.4. The quantitative estimate of drug-likeness (QED) is 0.0293. The van der Waals surface area contributed by atoms with Crippen LogP contribution < -0.4 is 19.1 Å². The fourth-order valence-corrected chi connectivity index (χ4v) is 13.6. The van der Waals surface area contributed by atoms with Crippen LogP contribution in [0.3, 0.4) is 0 Å². The molecule has 0 bridgehead atoms. The van der Waals surface area contributed by atoms with Crippen LogP contribution in [-0.4, -0.2) is 13.2 Å². The Balaban J connectivity index is 0.963. The molecule has 1 aromatic heterocycles. The van der Waals surface area contributed by atoms with Gasteiger partial charge in [-0.1, -0.05) is 208 Å². The third-order valence-electron chi connectivity index (χ3n) is 18.4. The molecule has 2 heterocycles. The predicted molar refractivity (Wildman–Crippen MR) is 371 cm³/mol. The average Bonchev–Trinajstić information content (AvgIpc) is 1.67. The Morgan fingerprint density at radius 2 is 1.03 bits per heavy atom. The van der Waals surface area contributed by atoms with E-state index in [1.807, 2.05) is 24.3 Å². The number of allylic oxidation sites excluding steroid dienone is 6. The number of nitrogens with zero attached hydrogens (tertiary/aromatic N) is 1. The molecule has 7 aromatic carbocycles. The van der Waals surface area contributed by atoms with Gasteiger partial charge in [0.05, 0.1) is 24.6 Å². The molecule has 0 fully saturated rings. The minimum atomic E-state index is -0.0757. The number of fused-ring (bicyclic) bond motifs is 8. The number of furan rings is 1. The van der Waals surface area contributed by atoms with Crippen LogP contribution in [0.25, 0.3) is 44.2 Å². The number of anilines is 3. The number of unbranched alkanes of at least 4 members (excludes halogenated alkanes) is 13. The molecule has 8 aromatic rings. The average molecular weight is 1160 g/mol. The summed E-state index contributed by atoms with van der Waals surface area (Å²) in [5.74, 6) is 3.63. The van der Waals surface area contributed by atoms with Crippen LogP contribution in [0.4, 0.5) is 17.1 Å². The number of benzene rings is 7. The molecule has 10 rings (SSSR count). The van der Waals surface area contributed by atoms with Crippen molar-refractivity contribution in [1.29, 1.82) is 0 Å². The minimum Gasteiger partial charge on any atom is -0.493 e. The van der Waals surface area contributed by atoms with Crippen molar-refractivity contribution >= 4 is 39.0 Å². The van der Waals surface area contributed by atoms with Crippen molar-refractivity contribution in [3.63, 3.8) is 0 Å². The van der Waals surface area contributed by atoms with Gasteiger partial charge in [0.1, 0.15) is 22.7 Å². The van der Waals surface area contributed by atoms with Crippen LogP contribution in [-0.2, 0) is 24.7 Å². The maximum absolute atomic E-state index is 6.93. The van der Waals surface area contributed by atoms with E-state index in [2.05, 4.69) is 186 Å². The monoisotopic (exact) mass is 1160 g/mol. The zero-order valence-corrected chi connectivity index (χ0v) is 53.4. The number of rotatable bonds is 35. The van der Waals surface area contributed by atoms with E-state index in [1.54, 1.807) is 5.56 Å². The summed E-state index contributed by atoms with van der Waals surface area (Å²) in [5.41, 5.74) is 19.6. The lowest BCUT2D eigenvalue weighted by molar-refractivity contribution is 0.309. The molecule has 87 heavy (non-hydrogen) atoms. The van der Waals surface area contributed by atoms with E-state index in [1.165, 1.54) is 153 Å². The van der Waals surface area contributed by atoms with E-state index in [4.69, 9.17) is 18.6 Å². The molecule has 0 unspecified atom stereocenters. The highest BCUT2D eigenvalue weighted by Crippen LogP contribution is 2.57. The fraction of sp³-hybridized carbons (Fsp3) is 0.390. The third-order valence-corrected chi connectivity index (χ3v) is 18.4. The molecular formula is C82H97NO4. The first-order valence-electron chi connectivity index (χ1n) is 33.7. The van der Waals surface area contributed by atoms with Crippen molar-refractivity contribution in [3.8, 4) is 45.3 Å². The first-order valence-corrected chi connectivity index (χ1v) is 33.7. The van der Waals surface area contributed by atoms with E-state index in [-0.39, 0.29) is 5.41 Å². The number of hydrogen-bond acceptors (Lipinski definition) is 5. The minimum absolute atomic E-state index is 0.0757. The van der Waals surface area contributed by atoms with Gasteiger partial charge in [-0.05, 0) is 212 Å². The van der Waals surface area contributed by atoms with E-state index >= 15 is 0 Å². The summed E-state index contributed by atoms with van der Waals surface area (Å²) in [7, 11) is 0. The highest BCUT2D eigenvalue weighted by Gasteiger charge is 2.43. The van der Waals surface area contributed by atoms with Gasteiger partial charge in [-0.25, -0.2) is 0 Å². The number of hydrogen-bond donors (Lipinski definition) is 0. The van der Waals surface area contributed by atoms with E-state index < -0.39 is 0 Å². The normalized spacial score (nSPS) is 13.1. The molecule has 0 saturated heterocycles. The summed E-state index contributed by atoms with van der Waals surface area (Å²) in [4.78, 5) is 2.39. The summed E-state index contributed by atoms with van der Waals surface area (Å²) < 4.78 is 26.7. The largest absolute Gasteiger partial charge is 0.493 e. The van der Waals surface area contributed by atoms with Crippen LogP contribution in [0.1, 0.15) is 195 Å². The van der Waals surface area contributed by atoms with E-state index in [9.17, 15) is 0 Å². The van der Waals surface area contributed by atoms with E-state index in [0.29, 0.717) is 13.2 Å². The molecule has 1 aliphatic heterocycles. The maximum atomic E-state index is 6.93. The summed E-state index contributed by atoms with van der Waals surface area (Å²) in [6.45, 7) is 20.1. The van der Waals surface area contributed by atoms with Crippen LogP contribution in [0.5, 0.6) is 23.0 Å². The van der Waals surface area contributed by atoms with Gasteiger partial charge in [0.2, 0.25) is 0 Å². The lowest BCUT2D eigenvalue weighted by atomic mass is 9.70. The zero-order valence-electron chi connectivity index (χ0n) is 53.4. The predicted octanol–water partition coefficient (Wildman–Crippen LogP) is 24.5. The van der Waals surface area contributed by atoms with Gasteiger partial charge in [-0.15, -0.1) is 0 Å². The van der Waals surface area contributed by atoms with Gasteiger partial charge in [0.15, 0.2) is 11.5 Å². The lowest BCUT2D eigenvalue weighted by Gasteiger charge is -2.34. The Labute approximate surface area is 522 Å².